The first kappa shape index (κ1) is 15.7. The number of imidazole rings is 1. The van der Waals surface area contributed by atoms with Crippen molar-refractivity contribution in [1.82, 2.24) is 14.5 Å². The van der Waals surface area contributed by atoms with Gasteiger partial charge in [0.05, 0.1) is 15.5 Å². The lowest BCUT2D eigenvalue weighted by Gasteiger charge is -2.28. The minimum absolute atomic E-state index is 0.0672. The number of hydrogen-bond donors (Lipinski definition) is 1. The van der Waals surface area contributed by atoms with Crippen molar-refractivity contribution in [2.45, 2.75) is 20.4 Å². The number of rotatable bonds is 4. The van der Waals surface area contributed by atoms with Crippen molar-refractivity contribution in [3.8, 4) is 0 Å². The lowest BCUT2D eigenvalue weighted by molar-refractivity contribution is 0.212. The molecule has 2 rings (SSSR count). The average molecular weight is 360 g/mol. The molecule has 110 valence electrons. The lowest BCUT2D eigenvalue weighted by atomic mass is 9.93. The van der Waals surface area contributed by atoms with Crippen LogP contribution >= 0.6 is 28.1 Å². The Bertz CT molecular complexity index is 688. The third kappa shape index (κ3) is 3.30. The summed E-state index contributed by atoms with van der Waals surface area (Å²) in [7, 11) is 4.12. The molecule has 20 heavy (non-hydrogen) atoms. The second-order valence-electron chi connectivity index (χ2n) is 6.20. The summed E-state index contributed by atoms with van der Waals surface area (Å²) in [6.45, 7) is 6.13. The number of halogens is 2. The molecule has 0 amide bonds. The predicted molar refractivity (Wildman–Crippen MR) is 87.1 cm³/mol. The zero-order chi connectivity index (χ0) is 15.1. The van der Waals surface area contributed by atoms with Gasteiger partial charge in [-0.2, -0.15) is 0 Å². The average Bonchev–Trinajstić information content (AvgIpc) is 2.54. The van der Waals surface area contributed by atoms with E-state index in [1.165, 1.54) is 6.07 Å². The monoisotopic (exact) mass is 359 g/mol. The summed E-state index contributed by atoms with van der Waals surface area (Å²) >= 11 is 8.61. The van der Waals surface area contributed by atoms with Crippen LogP contribution < -0.4 is 0 Å². The Hall–Kier alpha value is -0.720. The van der Waals surface area contributed by atoms with Crippen LogP contribution in [0.3, 0.4) is 0 Å². The normalized spacial score (nSPS) is 12.6. The first-order valence-electron chi connectivity index (χ1n) is 6.42. The number of fused-ring (bicyclic) bond motifs is 1. The molecule has 0 fully saturated rings. The Morgan fingerprint density at radius 3 is 2.65 bits per heavy atom. The minimum atomic E-state index is -0.284. The highest BCUT2D eigenvalue weighted by molar-refractivity contribution is 9.10. The van der Waals surface area contributed by atoms with E-state index in [2.05, 4.69) is 53.8 Å². The van der Waals surface area contributed by atoms with Crippen LogP contribution in [0.1, 0.15) is 13.8 Å². The molecule has 6 heteroatoms. The Morgan fingerprint density at radius 2 is 2.05 bits per heavy atom. The van der Waals surface area contributed by atoms with E-state index in [0.717, 1.165) is 24.1 Å². The highest BCUT2D eigenvalue weighted by Crippen LogP contribution is 2.26. The number of aromatic nitrogens is 2. The molecule has 0 atom stereocenters. The van der Waals surface area contributed by atoms with Gasteiger partial charge in [0.1, 0.15) is 5.82 Å². The van der Waals surface area contributed by atoms with Crippen LogP contribution in [0.4, 0.5) is 4.39 Å². The van der Waals surface area contributed by atoms with Crippen LogP contribution in [0, 0.1) is 16.0 Å². The summed E-state index contributed by atoms with van der Waals surface area (Å²) in [5.41, 5.74) is 1.73. The first-order chi connectivity index (χ1) is 9.19. The number of benzene rings is 1. The van der Waals surface area contributed by atoms with Crippen molar-refractivity contribution in [1.29, 1.82) is 0 Å². The van der Waals surface area contributed by atoms with Crippen molar-refractivity contribution in [3.63, 3.8) is 0 Å². The summed E-state index contributed by atoms with van der Waals surface area (Å²) < 4.78 is 16.7. The van der Waals surface area contributed by atoms with Crippen LogP contribution in [0.15, 0.2) is 16.6 Å². The second kappa shape index (κ2) is 5.58. The van der Waals surface area contributed by atoms with Gasteiger partial charge in [0.2, 0.25) is 0 Å². The van der Waals surface area contributed by atoms with E-state index in [4.69, 9.17) is 12.2 Å². The summed E-state index contributed by atoms with van der Waals surface area (Å²) in [4.78, 5) is 5.24. The molecule has 1 aromatic heterocycles. The molecule has 0 saturated heterocycles. The number of nitrogens with zero attached hydrogens (tertiary/aromatic N) is 2. The summed E-state index contributed by atoms with van der Waals surface area (Å²) in [6, 6.07) is 3.26. The van der Waals surface area contributed by atoms with E-state index >= 15 is 0 Å². The number of hydrogen-bond acceptors (Lipinski definition) is 2. The molecule has 0 spiro atoms. The molecule has 0 radical (unpaired) electrons. The first-order valence-corrected chi connectivity index (χ1v) is 7.62. The summed E-state index contributed by atoms with van der Waals surface area (Å²) in [6.07, 6.45) is 0. The SMILES string of the molecule is CN(C)CC(C)(C)Cn1c(=S)[nH]c2cc(F)c(Br)cc21. The van der Waals surface area contributed by atoms with Gasteiger partial charge in [-0.15, -0.1) is 0 Å². The van der Waals surface area contributed by atoms with E-state index < -0.39 is 0 Å². The molecule has 0 saturated carbocycles. The van der Waals surface area contributed by atoms with Gasteiger partial charge in [0.15, 0.2) is 4.77 Å². The molecular formula is C14H19BrFN3S. The standard InChI is InChI=1S/C14H19BrFN3S/c1-14(2,7-18(3)4)8-19-12-5-9(15)10(16)6-11(12)17-13(19)20/h5-6H,7-8H2,1-4H3,(H,17,20). The van der Waals surface area contributed by atoms with Crippen LogP contribution in [0.2, 0.25) is 0 Å². The molecule has 3 nitrogen and oxygen atoms in total. The molecule has 0 aliphatic rings. The second-order valence-corrected chi connectivity index (χ2v) is 7.44. The fourth-order valence-corrected chi connectivity index (χ4v) is 3.25. The van der Waals surface area contributed by atoms with Gasteiger partial charge in [-0.05, 0) is 53.7 Å². The van der Waals surface area contributed by atoms with Gasteiger partial charge in [0, 0.05) is 19.2 Å². The van der Waals surface area contributed by atoms with Crippen LogP contribution in [0.25, 0.3) is 11.0 Å². The van der Waals surface area contributed by atoms with Gasteiger partial charge in [-0.3, -0.25) is 0 Å². The molecule has 1 N–H and O–H groups in total. The highest BCUT2D eigenvalue weighted by atomic mass is 79.9. The third-order valence-corrected chi connectivity index (χ3v) is 4.08. The van der Waals surface area contributed by atoms with Gasteiger partial charge in [-0.25, -0.2) is 4.39 Å². The van der Waals surface area contributed by atoms with Crippen molar-refractivity contribution < 1.29 is 4.39 Å². The molecule has 1 heterocycles. The Kier molecular flexibility index (Phi) is 4.37. The maximum Gasteiger partial charge on any atom is 0.178 e. The van der Waals surface area contributed by atoms with Crippen LogP contribution in [-0.2, 0) is 6.54 Å². The zero-order valence-corrected chi connectivity index (χ0v) is 14.5. The molecule has 0 aliphatic carbocycles. The van der Waals surface area contributed by atoms with E-state index in [0.29, 0.717) is 9.24 Å². The van der Waals surface area contributed by atoms with Crippen molar-refractivity contribution in [2.75, 3.05) is 20.6 Å². The molecule has 1 aromatic carbocycles. The minimum Gasteiger partial charge on any atom is -0.330 e. The topological polar surface area (TPSA) is 24.0 Å². The van der Waals surface area contributed by atoms with E-state index in [1.807, 2.05) is 4.57 Å². The van der Waals surface area contributed by atoms with Crippen LogP contribution in [-0.4, -0.2) is 35.1 Å². The third-order valence-electron chi connectivity index (χ3n) is 3.15. The zero-order valence-electron chi connectivity index (χ0n) is 12.1. The molecular weight excluding hydrogens is 341 g/mol. The summed E-state index contributed by atoms with van der Waals surface area (Å²) in [5.74, 6) is -0.284. The Balaban J connectivity index is 2.47. The lowest BCUT2D eigenvalue weighted by Crippen LogP contribution is -2.32. The van der Waals surface area contributed by atoms with E-state index in [9.17, 15) is 4.39 Å². The van der Waals surface area contributed by atoms with Gasteiger partial charge >= 0.3 is 0 Å². The maximum absolute atomic E-state index is 13.6. The van der Waals surface area contributed by atoms with Gasteiger partial charge < -0.3 is 14.5 Å². The van der Waals surface area contributed by atoms with Gasteiger partial charge in [0.25, 0.3) is 0 Å². The molecule has 0 bridgehead atoms. The molecule has 2 aromatic rings. The van der Waals surface area contributed by atoms with Crippen LogP contribution in [0.5, 0.6) is 0 Å². The van der Waals surface area contributed by atoms with Crippen molar-refractivity contribution in [2.24, 2.45) is 5.41 Å². The fraction of sp³-hybridized carbons (Fsp3) is 0.500. The highest BCUT2D eigenvalue weighted by Gasteiger charge is 2.21. The van der Waals surface area contributed by atoms with E-state index in [1.54, 1.807) is 6.07 Å². The molecule has 0 unspecified atom stereocenters. The number of aromatic amines is 1. The smallest absolute Gasteiger partial charge is 0.178 e. The maximum atomic E-state index is 13.6. The largest absolute Gasteiger partial charge is 0.330 e. The van der Waals surface area contributed by atoms with Crippen molar-refractivity contribution >= 4 is 39.2 Å². The fourth-order valence-electron chi connectivity index (χ4n) is 2.64. The van der Waals surface area contributed by atoms with E-state index in [-0.39, 0.29) is 11.2 Å². The predicted octanol–water partition coefficient (Wildman–Crippen LogP) is 4.19. The Morgan fingerprint density at radius 1 is 1.40 bits per heavy atom. The quantitative estimate of drug-likeness (QED) is 0.827. The van der Waals surface area contributed by atoms with Gasteiger partial charge in [-0.1, -0.05) is 13.8 Å². The molecule has 0 aliphatic heterocycles. The number of nitrogens with one attached hydrogen (secondary N) is 1. The van der Waals surface area contributed by atoms with Crippen molar-refractivity contribution in [3.05, 3.63) is 27.2 Å². The Labute approximate surface area is 131 Å². The summed E-state index contributed by atoms with van der Waals surface area (Å²) in [5, 5.41) is 0. The number of H-pyrrole nitrogens is 1.